The second kappa shape index (κ2) is 5.88. The molecule has 4 saturated carbocycles. The van der Waals surface area contributed by atoms with Gasteiger partial charge in [0.2, 0.25) is 0 Å². The Balaban J connectivity index is 2.24. The molecule has 212 valence electrons. The average molecular weight is 787 g/mol. The summed E-state index contributed by atoms with van der Waals surface area (Å²) in [6.45, 7) is 0. The third-order valence-electron chi connectivity index (χ3n) is 7.92. The van der Waals surface area contributed by atoms with E-state index in [1.54, 1.807) is 0 Å². The fraction of sp³-hybridized carbons (Fsp3) is 1.00. The van der Waals surface area contributed by atoms with Crippen molar-refractivity contribution in [2.75, 3.05) is 0 Å². The van der Waals surface area contributed by atoms with Gasteiger partial charge in [0, 0.05) is 0 Å². The van der Waals surface area contributed by atoms with Crippen molar-refractivity contribution in [2.24, 2.45) is 0 Å². The first-order valence-electron chi connectivity index (χ1n) is 8.86. The van der Waals surface area contributed by atoms with Gasteiger partial charge in [-0.1, -0.05) is 0 Å². The second-order valence-electron chi connectivity index (χ2n) is 9.05. The standard InChI is InChI=1S/2C7F11.Hg/c2*8-2(9)1-3(10,11)6(15,16)5(2,14)7(17,18)4(1,12)13;. The number of hydrogen-bond donors (Lipinski definition) is 0. The molecular weight excluding hydrogens is 787 g/mol. The SMILES string of the molecule is FC1(F)C(F)(F)[C]2([Hg][C]34C(F)(F)C(F)(F)C(F)(C(F)(F)C3(F)F)C4(F)F)C(F)(F)C(F)(F)C1(F)C2(F)F. The van der Waals surface area contributed by atoms with Crippen LogP contribution >= 0.6 is 0 Å². The summed E-state index contributed by atoms with van der Waals surface area (Å²) in [7, 11) is 0. The van der Waals surface area contributed by atoms with Crippen molar-refractivity contribution in [3.63, 3.8) is 0 Å². The van der Waals surface area contributed by atoms with E-state index in [-0.39, 0.29) is 0 Å². The average Bonchev–Trinajstić information content (AvgIpc) is 2.88. The first-order chi connectivity index (χ1) is 15.7. The Hall–Kier alpha value is -0.605. The van der Waals surface area contributed by atoms with Gasteiger partial charge in [0.25, 0.3) is 0 Å². The predicted octanol–water partition coefficient (Wildman–Crippen LogP) is 7.21. The first kappa shape index (κ1) is 29.4. The van der Waals surface area contributed by atoms with Gasteiger partial charge in [-0.3, -0.25) is 0 Å². The summed E-state index contributed by atoms with van der Waals surface area (Å²) < 4.78 is 299. The van der Waals surface area contributed by atoms with Gasteiger partial charge >= 0.3 is 198 Å². The molecule has 0 aromatic heterocycles. The Bertz CT molecular complexity index is 943. The van der Waals surface area contributed by atoms with E-state index in [9.17, 15) is 96.6 Å². The molecule has 0 aromatic rings. The van der Waals surface area contributed by atoms with Crippen LogP contribution in [0.5, 0.6) is 0 Å². The molecule has 0 N–H and O–H groups in total. The van der Waals surface area contributed by atoms with Gasteiger partial charge in [-0.05, 0) is 0 Å². The molecule has 0 radical (unpaired) electrons. The van der Waals surface area contributed by atoms with Gasteiger partial charge in [0.1, 0.15) is 0 Å². The molecule has 0 nitrogen and oxygen atoms in total. The Labute approximate surface area is 198 Å². The monoisotopic (exact) mass is 788 g/mol. The molecule has 0 aliphatic heterocycles. The molecule has 0 atom stereocenters. The van der Waals surface area contributed by atoms with E-state index in [1.165, 1.54) is 0 Å². The van der Waals surface area contributed by atoms with Crippen LogP contribution in [-0.4, -0.2) is 70.6 Å². The van der Waals surface area contributed by atoms with E-state index < -0.39 is 101 Å². The molecule has 0 saturated heterocycles. The molecule has 0 amide bonds. The van der Waals surface area contributed by atoms with Crippen LogP contribution in [0.25, 0.3) is 0 Å². The van der Waals surface area contributed by atoms with Gasteiger partial charge in [-0.15, -0.1) is 0 Å². The minimum absolute atomic E-state index is 7.76. The van der Waals surface area contributed by atoms with Crippen LogP contribution in [0.2, 0.25) is 5.85 Å². The summed E-state index contributed by atoms with van der Waals surface area (Å²) in [5, 5.41) is 0. The van der Waals surface area contributed by atoms with Gasteiger partial charge < -0.3 is 0 Å². The number of halogens is 22. The van der Waals surface area contributed by atoms with Crippen LogP contribution in [0.4, 0.5) is 96.6 Å². The topological polar surface area (TPSA) is 0 Å². The fourth-order valence-electron chi connectivity index (χ4n) is 5.96. The third-order valence-corrected chi connectivity index (χ3v) is 22.4. The van der Waals surface area contributed by atoms with E-state index >= 15 is 0 Å². The molecule has 23 heteroatoms. The van der Waals surface area contributed by atoms with Crippen molar-refractivity contribution in [3.05, 3.63) is 0 Å². The van der Waals surface area contributed by atoms with Gasteiger partial charge in [0.15, 0.2) is 0 Å². The van der Waals surface area contributed by atoms with Crippen molar-refractivity contribution in [3.8, 4) is 0 Å². The molecule has 4 bridgehead atoms. The predicted molar refractivity (Wildman–Crippen MR) is 62.5 cm³/mol. The molecule has 0 unspecified atom stereocenters. The van der Waals surface area contributed by atoms with Crippen molar-refractivity contribution >= 4 is 0 Å². The van der Waals surface area contributed by atoms with Crippen molar-refractivity contribution in [1.82, 2.24) is 0 Å². The maximum atomic E-state index is 14.6. The van der Waals surface area contributed by atoms with E-state index in [2.05, 4.69) is 0 Å². The van der Waals surface area contributed by atoms with E-state index in [4.69, 9.17) is 0 Å². The minimum atomic E-state index is -8.87. The summed E-state index contributed by atoms with van der Waals surface area (Å²) in [6, 6.07) is 0. The Morgan fingerprint density at radius 1 is 0.216 bits per heavy atom. The summed E-state index contributed by atoms with van der Waals surface area (Å²) in [4.78, 5) is 0. The van der Waals surface area contributed by atoms with Crippen LogP contribution in [-0.2, 0) is 24.6 Å². The normalized spacial score (nSPS) is 48.6. The number of hydrogen-bond acceptors (Lipinski definition) is 0. The molecule has 4 fully saturated rings. The number of alkyl halides is 22. The van der Waals surface area contributed by atoms with E-state index in [1.807, 2.05) is 0 Å². The molecule has 4 rings (SSSR count). The molecule has 37 heavy (non-hydrogen) atoms. The van der Waals surface area contributed by atoms with Crippen molar-refractivity contribution in [2.45, 2.75) is 76.4 Å². The summed E-state index contributed by atoms with van der Waals surface area (Å²) in [5.74, 6) is -79.7. The molecular formula is C14F22Hg. The van der Waals surface area contributed by atoms with Crippen LogP contribution < -0.4 is 0 Å². The Morgan fingerprint density at radius 2 is 0.378 bits per heavy atom. The summed E-state index contributed by atoms with van der Waals surface area (Å²) >= 11 is -8.87. The maximum absolute atomic E-state index is 14.6. The van der Waals surface area contributed by atoms with E-state index in [0.717, 1.165) is 0 Å². The summed E-state index contributed by atoms with van der Waals surface area (Å²) in [5.41, 5.74) is -15.9. The Morgan fingerprint density at radius 3 is 0.541 bits per heavy atom. The van der Waals surface area contributed by atoms with Gasteiger partial charge in [0.05, 0.1) is 0 Å². The van der Waals surface area contributed by atoms with Crippen molar-refractivity contribution < 1.29 is 121 Å². The molecule has 4 aliphatic rings. The Kier molecular flexibility index (Phi) is 4.67. The molecule has 4 aliphatic carbocycles. The summed E-state index contributed by atoms with van der Waals surface area (Å²) in [6.07, 6.45) is 0. The molecule has 0 heterocycles. The van der Waals surface area contributed by atoms with Crippen LogP contribution in [0.3, 0.4) is 0 Å². The third kappa shape index (κ3) is 1.77. The first-order valence-corrected chi connectivity index (χ1v) is 14.4. The van der Waals surface area contributed by atoms with Crippen molar-refractivity contribution in [1.29, 1.82) is 0 Å². The van der Waals surface area contributed by atoms with Gasteiger partial charge in [-0.2, -0.15) is 0 Å². The zero-order valence-corrected chi connectivity index (χ0v) is 21.5. The van der Waals surface area contributed by atoms with Crippen LogP contribution in [0.1, 0.15) is 0 Å². The quantitative estimate of drug-likeness (QED) is 0.205. The molecule has 0 spiro atoms. The zero-order chi connectivity index (χ0) is 29.7. The van der Waals surface area contributed by atoms with Crippen LogP contribution in [0.15, 0.2) is 0 Å². The number of fused-ring (bicyclic) bond motifs is 4. The fourth-order valence-corrected chi connectivity index (χ4v) is 19.6. The van der Waals surface area contributed by atoms with Gasteiger partial charge in [-0.25, -0.2) is 0 Å². The van der Waals surface area contributed by atoms with Crippen LogP contribution in [0, 0.1) is 0 Å². The zero-order valence-electron chi connectivity index (χ0n) is 16.0. The van der Waals surface area contributed by atoms with E-state index in [0.29, 0.717) is 0 Å². The molecule has 0 aromatic carbocycles. The number of rotatable bonds is 2. The second-order valence-corrected chi connectivity index (χ2v) is 18.7.